The second kappa shape index (κ2) is 4.65. The molecule has 0 radical (unpaired) electrons. The molecule has 5 nitrogen and oxygen atoms in total. The average molecular weight is 224 g/mol. The fourth-order valence-electron chi connectivity index (χ4n) is 2.17. The maximum atomic E-state index is 12.1. The Morgan fingerprint density at radius 1 is 1.56 bits per heavy atom. The van der Waals surface area contributed by atoms with E-state index in [1.807, 2.05) is 0 Å². The van der Waals surface area contributed by atoms with Crippen LogP contribution < -0.4 is 5.32 Å². The number of rotatable bonds is 2. The fourth-order valence-corrected chi connectivity index (χ4v) is 2.17. The maximum absolute atomic E-state index is 12.1. The van der Waals surface area contributed by atoms with Crippen molar-refractivity contribution in [1.29, 1.82) is 0 Å². The molecule has 2 saturated heterocycles. The summed E-state index contributed by atoms with van der Waals surface area (Å²) in [6.07, 6.45) is 2.47. The van der Waals surface area contributed by atoms with E-state index in [1.54, 1.807) is 11.0 Å². The van der Waals surface area contributed by atoms with Crippen molar-refractivity contribution < 1.29 is 14.3 Å². The van der Waals surface area contributed by atoms with E-state index >= 15 is 0 Å². The molecule has 2 unspecified atom stereocenters. The minimum Gasteiger partial charge on any atom is -0.377 e. The lowest BCUT2D eigenvalue weighted by molar-refractivity contribution is -0.140. The highest BCUT2D eigenvalue weighted by molar-refractivity contribution is 5.90. The molecule has 88 valence electrons. The summed E-state index contributed by atoms with van der Waals surface area (Å²) in [5.74, 6) is -0.0998. The van der Waals surface area contributed by atoms with E-state index in [-0.39, 0.29) is 17.9 Å². The van der Waals surface area contributed by atoms with Gasteiger partial charge in [-0.1, -0.05) is 6.08 Å². The molecule has 0 spiro atoms. The van der Waals surface area contributed by atoms with E-state index in [4.69, 9.17) is 4.74 Å². The van der Waals surface area contributed by atoms with Crippen LogP contribution >= 0.6 is 0 Å². The highest BCUT2D eigenvalue weighted by atomic mass is 16.5. The Bertz CT molecular complexity index is 316. The molecule has 2 amide bonds. The molecule has 2 heterocycles. The third-order valence-corrected chi connectivity index (χ3v) is 2.97. The molecule has 0 saturated carbocycles. The van der Waals surface area contributed by atoms with Crippen LogP contribution in [0, 0.1) is 0 Å². The number of nitrogens with one attached hydrogen (secondary N) is 1. The van der Waals surface area contributed by atoms with Crippen molar-refractivity contribution in [2.75, 3.05) is 19.8 Å². The minimum absolute atomic E-state index is 0.0148. The van der Waals surface area contributed by atoms with Crippen LogP contribution in [-0.2, 0) is 14.3 Å². The first-order valence-electron chi connectivity index (χ1n) is 5.51. The van der Waals surface area contributed by atoms with Gasteiger partial charge in [0.15, 0.2) is 0 Å². The van der Waals surface area contributed by atoms with Crippen molar-refractivity contribution in [2.45, 2.75) is 24.9 Å². The van der Waals surface area contributed by atoms with Crippen molar-refractivity contribution in [1.82, 2.24) is 10.2 Å². The Morgan fingerprint density at radius 3 is 3.12 bits per heavy atom. The molecule has 2 aliphatic heterocycles. The zero-order valence-electron chi connectivity index (χ0n) is 9.15. The monoisotopic (exact) mass is 224 g/mol. The molecule has 0 bridgehead atoms. The van der Waals surface area contributed by atoms with Crippen molar-refractivity contribution in [3.05, 3.63) is 12.7 Å². The molecule has 2 atom stereocenters. The molecule has 0 aromatic heterocycles. The smallest absolute Gasteiger partial charge is 0.245 e. The first kappa shape index (κ1) is 11.1. The Morgan fingerprint density at radius 2 is 2.38 bits per heavy atom. The molecule has 0 aliphatic carbocycles. The summed E-state index contributed by atoms with van der Waals surface area (Å²) < 4.78 is 5.29. The van der Waals surface area contributed by atoms with Crippen LogP contribution in [0.1, 0.15) is 12.8 Å². The molecular formula is C11H16N2O3. The number of fused-ring (bicyclic) bond motifs is 1. The van der Waals surface area contributed by atoms with Crippen LogP contribution in [0.2, 0.25) is 0 Å². The summed E-state index contributed by atoms with van der Waals surface area (Å²) in [5.41, 5.74) is 0. The highest BCUT2D eigenvalue weighted by Crippen LogP contribution is 2.16. The van der Waals surface area contributed by atoms with Gasteiger partial charge in [-0.05, 0) is 6.42 Å². The van der Waals surface area contributed by atoms with E-state index in [0.29, 0.717) is 32.6 Å². The van der Waals surface area contributed by atoms with E-state index in [2.05, 4.69) is 11.9 Å². The predicted molar refractivity (Wildman–Crippen MR) is 57.7 cm³/mol. The molecule has 1 N–H and O–H groups in total. The normalized spacial score (nSPS) is 30.4. The standard InChI is InChI=1S/C11H16N2O3/c1-2-3-9-11(15)13-4-5-16-7-8(13)6-10(14)12-9/h2,8-9H,1,3-7H2,(H,12,14). The summed E-state index contributed by atoms with van der Waals surface area (Å²) in [6.45, 7) is 5.19. The van der Waals surface area contributed by atoms with Crippen LogP contribution in [0.4, 0.5) is 0 Å². The van der Waals surface area contributed by atoms with Gasteiger partial charge < -0.3 is 15.0 Å². The molecule has 2 aliphatic rings. The van der Waals surface area contributed by atoms with Gasteiger partial charge in [0.25, 0.3) is 0 Å². The molecule has 2 fully saturated rings. The Labute approximate surface area is 94.4 Å². The van der Waals surface area contributed by atoms with Gasteiger partial charge in [0.05, 0.1) is 19.3 Å². The van der Waals surface area contributed by atoms with E-state index < -0.39 is 6.04 Å². The Balaban J connectivity index is 2.17. The summed E-state index contributed by atoms with van der Waals surface area (Å²) in [7, 11) is 0. The number of nitrogens with zero attached hydrogens (tertiary/aromatic N) is 1. The summed E-state index contributed by atoms with van der Waals surface area (Å²) in [5, 5.41) is 2.73. The first-order valence-corrected chi connectivity index (χ1v) is 5.51. The topological polar surface area (TPSA) is 58.6 Å². The number of carbonyl (C=O) groups is 2. The van der Waals surface area contributed by atoms with Crippen molar-refractivity contribution in [3.63, 3.8) is 0 Å². The third kappa shape index (κ3) is 2.09. The molecule has 0 aromatic rings. The predicted octanol–water partition coefficient (Wildman–Crippen LogP) is -0.322. The van der Waals surface area contributed by atoms with Gasteiger partial charge in [0.2, 0.25) is 11.8 Å². The summed E-state index contributed by atoms with van der Waals surface area (Å²) >= 11 is 0. The van der Waals surface area contributed by atoms with E-state index in [1.165, 1.54) is 0 Å². The minimum atomic E-state index is -0.451. The fraction of sp³-hybridized carbons (Fsp3) is 0.636. The zero-order valence-corrected chi connectivity index (χ0v) is 9.15. The molecule has 5 heteroatoms. The average Bonchev–Trinajstić information content (AvgIpc) is 2.38. The number of hydrogen-bond donors (Lipinski definition) is 1. The van der Waals surface area contributed by atoms with Crippen LogP contribution in [0.25, 0.3) is 0 Å². The molecule has 0 aromatic carbocycles. The van der Waals surface area contributed by atoms with Crippen LogP contribution in [0.5, 0.6) is 0 Å². The lowest BCUT2D eigenvalue weighted by Crippen LogP contribution is -2.51. The quantitative estimate of drug-likeness (QED) is 0.654. The van der Waals surface area contributed by atoms with Crippen LogP contribution in [0.15, 0.2) is 12.7 Å². The SMILES string of the molecule is C=CCC1NC(=O)CC2COCCN2C1=O. The Kier molecular flexibility index (Phi) is 3.24. The van der Waals surface area contributed by atoms with Gasteiger partial charge in [-0.2, -0.15) is 0 Å². The maximum Gasteiger partial charge on any atom is 0.245 e. The number of morpholine rings is 1. The van der Waals surface area contributed by atoms with Gasteiger partial charge in [0, 0.05) is 13.0 Å². The van der Waals surface area contributed by atoms with Gasteiger partial charge in [-0.25, -0.2) is 0 Å². The van der Waals surface area contributed by atoms with Crippen molar-refractivity contribution >= 4 is 11.8 Å². The van der Waals surface area contributed by atoms with Gasteiger partial charge in [-0.15, -0.1) is 6.58 Å². The van der Waals surface area contributed by atoms with Gasteiger partial charge in [-0.3, -0.25) is 9.59 Å². The number of hydrogen-bond acceptors (Lipinski definition) is 3. The molecular weight excluding hydrogens is 208 g/mol. The first-order chi connectivity index (χ1) is 7.72. The number of ether oxygens (including phenoxy) is 1. The molecule has 2 rings (SSSR count). The van der Waals surface area contributed by atoms with E-state index in [0.717, 1.165) is 0 Å². The lowest BCUT2D eigenvalue weighted by Gasteiger charge is -2.34. The second-order valence-corrected chi connectivity index (χ2v) is 4.11. The highest BCUT2D eigenvalue weighted by Gasteiger charge is 2.36. The zero-order chi connectivity index (χ0) is 11.5. The van der Waals surface area contributed by atoms with Crippen molar-refractivity contribution in [2.24, 2.45) is 0 Å². The lowest BCUT2D eigenvalue weighted by atomic mass is 10.1. The number of carbonyl (C=O) groups excluding carboxylic acids is 2. The third-order valence-electron chi connectivity index (χ3n) is 2.97. The van der Waals surface area contributed by atoms with E-state index in [9.17, 15) is 9.59 Å². The summed E-state index contributed by atoms with van der Waals surface area (Å²) in [6, 6.07) is -0.552. The van der Waals surface area contributed by atoms with Crippen molar-refractivity contribution in [3.8, 4) is 0 Å². The van der Waals surface area contributed by atoms with Gasteiger partial charge >= 0.3 is 0 Å². The van der Waals surface area contributed by atoms with Crippen LogP contribution in [-0.4, -0.2) is 48.6 Å². The second-order valence-electron chi connectivity index (χ2n) is 4.11. The molecule has 16 heavy (non-hydrogen) atoms. The summed E-state index contributed by atoms with van der Waals surface area (Å²) in [4.78, 5) is 25.5. The van der Waals surface area contributed by atoms with Gasteiger partial charge in [0.1, 0.15) is 6.04 Å². The number of amides is 2. The largest absolute Gasteiger partial charge is 0.377 e. The van der Waals surface area contributed by atoms with Crippen LogP contribution in [0.3, 0.4) is 0 Å². The Hall–Kier alpha value is -1.36.